The Hall–Kier alpha value is -2.99. The Bertz CT molecular complexity index is 921. The van der Waals surface area contributed by atoms with Gasteiger partial charge < -0.3 is 9.84 Å². The summed E-state index contributed by atoms with van der Waals surface area (Å²) < 4.78 is 5.40. The van der Waals surface area contributed by atoms with E-state index in [-0.39, 0.29) is 18.5 Å². The third kappa shape index (κ3) is 4.41. The molecule has 27 heavy (non-hydrogen) atoms. The van der Waals surface area contributed by atoms with Crippen molar-refractivity contribution in [2.24, 2.45) is 0 Å². The summed E-state index contributed by atoms with van der Waals surface area (Å²) in [4.78, 5) is 18.8. The SMILES string of the molecule is Cc1cccc(NC(=O)CN(C)C(C)c2nc(-c3ccccc3)no2)c1C. The molecule has 6 heteroatoms. The van der Waals surface area contributed by atoms with Crippen LogP contribution >= 0.6 is 0 Å². The molecule has 1 unspecified atom stereocenters. The van der Waals surface area contributed by atoms with Crippen LogP contribution in [0.15, 0.2) is 53.1 Å². The van der Waals surface area contributed by atoms with Gasteiger partial charge in [-0.05, 0) is 45.0 Å². The molecule has 1 heterocycles. The number of nitrogens with zero attached hydrogens (tertiary/aromatic N) is 3. The van der Waals surface area contributed by atoms with Crippen LogP contribution < -0.4 is 5.32 Å². The van der Waals surface area contributed by atoms with Crippen molar-refractivity contribution in [3.05, 3.63) is 65.5 Å². The molecule has 6 nitrogen and oxygen atoms in total. The van der Waals surface area contributed by atoms with Crippen molar-refractivity contribution in [3.63, 3.8) is 0 Å². The van der Waals surface area contributed by atoms with Crippen LogP contribution in [0.5, 0.6) is 0 Å². The highest BCUT2D eigenvalue weighted by Crippen LogP contribution is 2.22. The molecule has 0 aliphatic rings. The number of benzene rings is 2. The van der Waals surface area contributed by atoms with Crippen molar-refractivity contribution >= 4 is 11.6 Å². The van der Waals surface area contributed by atoms with Gasteiger partial charge in [0.1, 0.15) is 0 Å². The third-order valence-electron chi connectivity index (χ3n) is 4.76. The fourth-order valence-corrected chi connectivity index (χ4v) is 2.74. The van der Waals surface area contributed by atoms with E-state index in [1.807, 2.05) is 81.2 Å². The van der Waals surface area contributed by atoms with E-state index in [9.17, 15) is 4.79 Å². The lowest BCUT2D eigenvalue weighted by molar-refractivity contribution is -0.117. The van der Waals surface area contributed by atoms with E-state index in [0.717, 1.165) is 22.4 Å². The molecule has 0 fully saturated rings. The van der Waals surface area contributed by atoms with Crippen molar-refractivity contribution < 1.29 is 9.32 Å². The summed E-state index contributed by atoms with van der Waals surface area (Å²) in [6.45, 7) is 6.19. The Morgan fingerprint density at radius 3 is 2.63 bits per heavy atom. The minimum Gasteiger partial charge on any atom is -0.337 e. The van der Waals surface area contributed by atoms with E-state index >= 15 is 0 Å². The molecule has 0 aliphatic carbocycles. The number of amides is 1. The minimum atomic E-state index is -0.181. The van der Waals surface area contributed by atoms with Crippen LogP contribution in [0, 0.1) is 13.8 Å². The molecular weight excluding hydrogens is 340 g/mol. The average Bonchev–Trinajstić information content (AvgIpc) is 3.15. The van der Waals surface area contributed by atoms with Gasteiger partial charge in [0.25, 0.3) is 0 Å². The van der Waals surface area contributed by atoms with Gasteiger partial charge in [0, 0.05) is 11.3 Å². The van der Waals surface area contributed by atoms with E-state index in [1.54, 1.807) is 0 Å². The molecule has 3 rings (SSSR count). The molecule has 0 saturated heterocycles. The van der Waals surface area contributed by atoms with Crippen molar-refractivity contribution in [2.45, 2.75) is 26.8 Å². The number of anilines is 1. The fraction of sp³-hybridized carbons (Fsp3) is 0.286. The summed E-state index contributed by atoms with van der Waals surface area (Å²) in [5, 5.41) is 7.02. The van der Waals surface area contributed by atoms with Crippen LogP contribution in [-0.2, 0) is 4.79 Å². The Kier molecular flexibility index (Phi) is 5.66. The Morgan fingerprint density at radius 1 is 1.15 bits per heavy atom. The topological polar surface area (TPSA) is 71.3 Å². The number of hydrogen-bond acceptors (Lipinski definition) is 5. The van der Waals surface area contributed by atoms with Crippen LogP contribution in [0.4, 0.5) is 5.69 Å². The second-order valence-electron chi connectivity index (χ2n) is 6.71. The summed E-state index contributed by atoms with van der Waals surface area (Å²) in [6.07, 6.45) is 0. The van der Waals surface area contributed by atoms with Gasteiger partial charge in [-0.3, -0.25) is 9.69 Å². The number of aromatic nitrogens is 2. The average molecular weight is 364 g/mol. The maximum Gasteiger partial charge on any atom is 0.244 e. The molecule has 0 spiro atoms. The smallest absolute Gasteiger partial charge is 0.244 e. The van der Waals surface area contributed by atoms with E-state index in [1.165, 1.54) is 0 Å². The summed E-state index contributed by atoms with van der Waals surface area (Å²) in [7, 11) is 1.86. The number of carbonyl (C=O) groups is 1. The van der Waals surface area contributed by atoms with Gasteiger partial charge in [-0.2, -0.15) is 4.98 Å². The van der Waals surface area contributed by atoms with Gasteiger partial charge in [-0.25, -0.2) is 0 Å². The largest absolute Gasteiger partial charge is 0.337 e. The van der Waals surface area contributed by atoms with Crippen LogP contribution in [0.3, 0.4) is 0 Å². The van der Waals surface area contributed by atoms with E-state index in [2.05, 4.69) is 15.5 Å². The lowest BCUT2D eigenvalue weighted by Crippen LogP contribution is -2.32. The Balaban J connectivity index is 1.64. The standard InChI is InChI=1S/C21H24N4O2/c1-14-9-8-12-18(15(14)2)22-19(26)13-25(4)16(3)21-23-20(24-27-21)17-10-6-5-7-11-17/h5-12,16H,13H2,1-4H3,(H,22,26). The first kappa shape index (κ1) is 18.8. The van der Waals surface area contributed by atoms with Crippen molar-refractivity contribution in [2.75, 3.05) is 18.9 Å². The minimum absolute atomic E-state index is 0.0825. The Morgan fingerprint density at radius 2 is 1.89 bits per heavy atom. The van der Waals surface area contributed by atoms with Crippen LogP contribution in [0.1, 0.15) is 30.0 Å². The van der Waals surface area contributed by atoms with Gasteiger partial charge >= 0.3 is 0 Å². The first-order valence-corrected chi connectivity index (χ1v) is 8.91. The van der Waals surface area contributed by atoms with Crippen molar-refractivity contribution in [1.29, 1.82) is 0 Å². The van der Waals surface area contributed by atoms with E-state index in [0.29, 0.717) is 11.7 Å². The highest BCUT2D eigenvalue weighted by atomic mass is 16.5. The number of likely N-dealkylation sites (N-methyl/N-ethyl adjacent to an activating group) is 1. The highest BCUT2D eigenvalue weighted by molar-refractivity contribution is 5.93. The van der Waals surface area contributed by atoms with Crippen LogP contribution in [0.2, 0.25) is 0 Å². The van der Waals surface area contributed by atoms with Gasteiger partial charge in [0.05, 0.1) is 12.6 Å². The van der Waals surface area contributed by atoms with E-state index in [4.69, 9.17) is 4.52 Å². The van der Waals surface area contributed by atoms with Gasteiger partial charge in [0.15, 0.2) is 0 Å². The van der Waals surface area contributed by atoms with Gasteiger partial charge in [-0.1, -0.05) is 47.6 Å². The molecule has 0 radical (unpaired) electrons. The molecule has 0 bridgehead atoms. The van der Waals surface area contributed by atoms with Crippen molar-refractivity contribution in [3.8, 4) is 11.4 Å². The second kappa shape index (κ2) is 8.14. The number of carbonyl (C=O) groups excluding carboxylic acids is 1. The highest BCUT2D eigenvalue weighted by Gasteiger charge is 2.21. The van der Waals surface area contributed by atoms with Crippen LogP contribution in [-0.4, -0.2) is 34.5 Å². The zero-order valence-corrected chi connectivity index (χ0v) is 16.1. The first-order chi connectivity index (χ1) is 13.0. The maximum absolute atomic E-state index is 12.4. The molecule has 1 N–H and O–H groups in total. The molecule has 0 aliphatic heterocycles. The number of aryl methyl sites for hydroxylation is 1. The normalized spacial score (nSPS) is 12.2. The predicted octanol–water partition coefficient (Wildman–Crippen LogP) is 3.98. The molecule has 0 saturated carbocycles. The number of hydrogen-bond donors (Lipinski definition) is 1. The number of nitrogens with one attached hydrogen (secondary N) is 1. The summed E-state index contributed by atoms with van der Waals surface area (Å²) in [5.41, 5.74) is 3.96. The quantitative estimate of drug-likeness (QED) is 0.716. The summed E-state index contributed by atoms with van der Waals surface area (Å²) in [5.74, 6) is 0.947. The van der Waals surface area contributed by atoms with Gasteiger partial charge in [-0.15, -0.1) is 0 Å². The summed E-state index contributed by atoms with van der Waals surface area (Å²) >= 11 is 0. The predicted molar refractivity (Wildman–Crippen MR) is 105 cm³/mol. The molecule has 3 aromatic rings. The maximum atomic E-state index is 12.4. The third-order valence-corrected chi connectivity index (χ3v) is 4.76. The van der Waals surface area contributed by atoms with E-state index < -0.39 is 0 Å². The molecular formula is C21H24N4O2. The molecule has 1 amide bonds. The second-order valence-corrected chi connectivity index (χ2v) is 6.71. The van der Waals surface area contributed by atoms with Crippen molar-refractivity contribution in [1.82, 2.24) is 15.0 Å². The molecule has 140 valence electrons. The van der Waals surface area contributed by atoms with Gasteiger partial charge in [0.2, 0.25) is 17.6 Å². The molecule has 1 aromatic heterocycles. The lowest BCUT2D eigenvalue weighted by Gasteiger charge is -2.21. The number of rotatable bonds is 6. The zero-order chi connectivity index (χ0) is 19.4. The lowest BCUT2D eigenvalue weighted by atomic mass is 10.1. The fourth-order valence-electron chi connectivity index (χ4n) is 2.74. The molecule has 1 atom stereocenters. The Labute approximate surface area is 159 Å². The molecule has 2 aromatic carbocycles. The first-order valence-electron chi connectivity index (χ1n) is 8.91. The van der Waals surface area contributed by atoms with Crippen LogP contribution in [0.25, 0.3) is 11.4 Å². The zero-order valence-electron chi connectivity index (χ0n) is 16.1. The monoisotopic (exact) mass is 364 g/mol. The summed E-state index contributed by atoms with van der Waals surface area (Å²) in [6, 6.07) is 15.4.